The summed E-state index contributed by atoms with van der Waals surface area (Å²) < 4.78 is 6.86. The first-order valence-electron chi connectivity index (χ1n) is 3.08. The van der Waals surface area contributed by atoms with E-state index in [0.29, 0.717) is 6.80 Å². The van der Waals surface area contributed by atoms with Crippen molar-refractivity contribution in [2.24, 2.45) is 0 Å². The lowest BCUT2D eigenvalue weighted by Gasteiger charge is -1.77. The quantitative estimate of drug-likeness (QED) is 0.506. The smallest absolute Gasteiger partial charge is 0.175 e. The average Bonchev–Trinajstić information content (AvgIpc) is 2.17. The standard InChI is InChI=1S/C5H7BNS/c1-4-7-5(6-2)3-8-4/h3H,1-2H3/i2D. The van der Waals surface area contributed by atoms with E-state index >= 15 is 0 Å². The second-order valence-corrected chi connectivity index (χ2v) is 2.56. The summed E-state index contributed by atoms with van der Waals surface area (Å²) >= 11 is 1.62. The largest absolute Gasteiger partial charge is 0.257 e. The molecule has 0 aliphatic carbocycles. The summed E-state index contributed by atoms with van der Waals surface area (Å²) in [6.07, 6.45) is 0. The van der Waals surface area contributed by atoms with Gasteiger partial charge in [0.15, 0.2) is 7.28 Å². The van der Waals surface area contributed by atoms with Crippen molar-refractivity contribution >= 4 is 24.2 Å². The van der Waals surface area contributed by atoms with Gasteiger partial charge in [-0.3, -0.25) is 4.98 Å². The molecular formula is C5H7BNS. The molecule has 1 aromatic rings. The Morgan fingerprint density at radius 3 is 3.38 bits per heavy atom. The lowest BCUT2D eigenvalue weighted by molar-refractivity contribution is 1.34. The summed E-state index contributed by atoms with van der Waals surface area (Å²) in [5, 5.41) is 3.03. The molecule has 0 N–H and O–H groups in total. The fourth-order valence-corrected chi connectivity index (χ4v) is 1.07. The number of aryl methyl sites for hydroxylation is 1. The molecule has 0 atom stereocenters. The minimum Gasteiger partial charge on any atom is -0.257 e. The van der Waals surface area contributed by atoms with Crippen LogP contribution in [0, 0.1) is 6.92 Å². The second-order valence-electron chi connectivity index (χ2n) is 1.50. The molecule has 1 aromatic heterocycles. The number of rotatable bonds is 1. The lowest BCUT2D eigenvalue weighted by atomic mass is 9.79. The second kappa shape index (κ2) is 2.31. The molecule has 0 saturated carbocycles. The third-order valence-electron chi connectivity index (χ3n) is 0.846. The van der Waals surface area contributed by atoms with Crippen molar-refractivity contribution in [2.75, 3.05) is 0 Å². The Morgan fingerprint density at radius 2 is 2.88 bits per heavy atom. The molecule has 1 nitrogen and oxygen atoms in total. The topological polar surface area (TPSA) is 12.9 Å². The van der Waals surface area contributed by atoms with Crippen LogP contribution < -0.4 is 5.59 Å². The van der Waals surface area contributed by atoms with E-state index in [-0.39, 0.29) is 0 Å². The Balaban J connectivity index is 2.61. The predicted octanol–water partition coefficient (Wildman–Crippen LogP) is 0.829. The van der Waals surface area contributed by atoms with Crippen molar-refractivity contribution in [3.05, 3.63) is 10.4 Å². The first-order chi connectivity index (χ1) is 4.33. The maximum atomic E-state index is 6.86. The van der Waals surface area contributed by atoms with Crippen LogP contribution in [0.2, 0.25) is 6.80 Å². The first-order valence-corrected chi connectivity index (χ1v) is 3.25. The summed E-state index contributed by atoms with van der Waals surface area (Å²) in [7, 11) is 1.80. The SMILES string of the molecule is [2H]C[B]c1csc(C)n1. The van der Waals surface area contributed by atoms with Crippen LogP contribution in [0.4, 0.5) is 0 Å². The van der Waals surface area contributed by atoms with Gasteiger partial charge in [-0.2, -0.15) is 0 Å². The molecule has 0 fully saturated rings. The number of hydrogen-bond donors (Lipinski definition) is 0. The number of aromatic nitrogens is 1. The van der Waals surface area contributed by atoms with Crippen LogP contribution in [0.3, 0.4) is 0 Å². The van der Waals surface area contributed by atoms with Crippen LogP contribution >= 0.6 is 11.3 Å². The van der Waals surface area contributed by atoms with Gasteiger partial charge in [-0.15, -0.1) is 11.3 Å². The molecular weight excluding hydrogens is 117 g/mol. The van der Waals surface area contributed by atoms with Gasteiger partial charge in [-0.05, 0) is 6.92 Å². The van der Waals surface area contributed by atoms with Gasteiger partial charge in [0.1, 0.15) is 0 Å². The van der Waals surface area contributed by atoms with E-state index < -0.39 is 0 Å². The van der Waals surface area contributed by atoms with E-state index in [4.69, 9.17) is 1.37 Å². The van der Waals surface area contributed by atoms with Crippen molar-refractivity contribution in [1.82, 2.24) is 4.98 Å². The van der Waals surface area contributed by atoms with Crippen LogP contribution in [-0.4, -0.2) is 12.3 Å². The predicted molar refractivity (Wildman–Crippen MR) is 38.1 cm³/mol. The van der Waals surface area contributed by atoms with Crippen LogP contribution in [-0.2, 0) is 0 Å². The zero-order valence-electron chi connectivity index (χ0n) is 5.72. The van der Waals surface area contributed by atoms with Gasteiger partial charge in [-0.1, -0.05) is 6.80 Å². The first kappa shape index (κ1) is 4.56. The van der Waals surface area contributed by atoms with Gasteiger partial charge in [0.05, 0.1) is 5.01 Å². The fraction of sp³-hybridized carbons (Fsp3) is 0.400. The highest BCUT2D eigenvalue weighted by Gasteiger charge is 1.92. The van der Waals surface area contributed by atoms with Gasteiger partial charge in [0.2, 0.25) is 0 Å². The Kier molecular flexibility index (Phi) is 1.32. The van der Waals surface area contributed by atoms with Crippen molar-refractivity contribution in [1.29, 1.82) is 0 Å². The van der Waals surface area contributed by atoms with Gasteiger partial charge >= 0.3 is 0 Å². The van der Waals surface area contributed by atoms with Gasteiger partial charge < -0.3 is 0 Å². The van der Waals surface area contributed by atoms with Crippen molar-refractivity contribution < 1.29 is 1.37 Å². The lowest BCUT2D eigenvalue weighted by Crippen LogP contribution is -2.10. The molecule has 1 rings (SSSR count). The molecule has 0 aliphatic rings. The van der Waals surface area contributed by atoms with Crippen LogP contribution in [0.25, 0.3) is 0 Å². The normalized spacial score (nSPS) is 10.9. The van der Waals surface area contributed by atoms with Crippen molar-refractivity contribution in [2.45, 2.75) is 13.7 Å². The molecule has 0 bridgehead atoms. The molecule has 1 heterocycles. The molecule has 41 valence electrons. The van der Waals surface area contributed by atoms with E-state index in [1.807, 2.05) is 12.3 Å². The van der Waals surface area contributed by atoms with Crippen LogP contribution in [0.1, 0.15) is 6.38 Å². The zero-order chi connectivity index (χ0) is 6.69. The number of nitrogens with zero attached hydrogens (tertiary/aromatic N) is 1. The summed E-state index contributed by atoms with van der Waals surface area (Å²) in [5.41, 5.74) is 0.938. The maximum absolute atomic E-state index is 6.86. The molecule has 1 radical (unpaired) electrons. The summed E-state index contributed by atoms with van der Waals surface area (Å²) in [5.74, 6) is 0. The van der Waals surface area contributed by atoms with E-state index in [9.17, 15) is 0 Å². The van der Waals surface area contributed by atoms with Gasteiger partial charge in [-0.25, -0.2) is 0 Å². The van der Waals surface area contributed by atoms with E-state index in [0.717, 1.165) is 10.6 Å². The van der Waals surface area contributed by atoms with E-state index in [2.05, 4.69) is 4.98 Å². The molecule has 3 heteroatoms. The molecule has 0 spiro atoms. The molecule has 0 aliphatic heterocycles. The Labute approximate surface area is 55.4 Å². The van der Waals surface area contributed by atoms with Crippen LogP contribution in [0.15, 0.2) is 5.38 Å². The molecule has 0 unspecified atom stereocenters. The van der Waals surface area contributed by atoms with E-state index in [1.54, 1.807) is 18.6 Å². The minimum atomic E-state index is 0.323. The monoisotopic (exact) mass is 125 g/mol. The third-order valence-corrected chi connectivity index (χ3v) is 1.64. The van der Waals surface area contributed by atoms with E-state index in [1.165, 1.54) is 0 Å². The van der Waals surface area contributed by atoms with Gasteiger partial charge in [0.25, 0.3) is 0 Å². The summed E-state index contributed by atoms with van der Waals surface area (Å²) in [6, 6.07) is 0. The number of hydrogen-bond acceptors (Lipinski definition) is 2. The molecule has 0 aromatic carbocycles. The van der Waals surface area contributed by atoms with Crippen LogP contribution in [0.5, 0.6) is 0 Å². The molecule has 0 saturated heterocycles. The number of thiazole rings is 1. The fourth-order valence-electron chi connectivity index (χ4n) is 0.474. The average molecular weight is 125 g/mol. The third kappa shape index (κ3) is 1.10. The molecule has 0 amide bonds. The van der Waals surface area contributed by atoms with Crippen molar-refractivity contribution in [3.63, 3.8) is 0 Å². The highest BCUT2D eigenvalue weighted by molar-refractivity contribution is 7.10. The Bertz CT molecular complexity index is 189. The molecule has 8 heavy (non-hydrogen) atoms. The minimum absolute atomic E-state index is 0.323. The highest BCUT2D eigenvalue weighted by Crippen LogP contribution is 1.97. The zero-order valence-corrected chi connectivity index (χ0v) is 5.53. The van der Waals surface area contributed by atoms with Gasteiger partial charge in [0, 0.05) is 12.3 Å². The maximum Gasteiger partial charge on any atom is 0.175 e. The van der Waals surface area contributed by atoms with Crippen molar-refractivity contribution in [3.8, 4) is 0 Å². The Hall–Kier alpha value is -0.305. The Morgan fingerprint density at radius 1 is 2.00 bits per heavy atom. The summed E-state index contributed by atoms with van der Waals surface area (Å²) in [6.45, 7) is 2.29. The highest BCUT2D eigenvalue weighted by atomic mass is 32.1. The summed E-state index contributed by atoms with van der Waals surface area (Å²) in [4.78, 5) is 4.14.